The largest absolute Gasteiger partial charge is 0.356 e. The third kappa shape index (κ3) is 6.07. The molecule has 0 aromatic heterocycles. The highest BCUT2D eigenvalue weighted by atomic mass is 16.7. The zero-order chi connectivity index (χ0) is 8.69. The van der Waals surface area contributed by atoms with E-state index >= 15 is 0 Å². The minimum atomic E-state index is -0.0504. The quantitative estimate of drug-likeness (QED) is 0.451. The molecule has 0 saturated heterocycles. The van der Waals surface area contributed by atoms with Crippen LogP contribution in [0.3, 0.4) is 0 Å². The van der Waals surface area contributed by atoms with Gasteiger partial charge in [-0.1, -0.05) is 11.6 Å². The van der Waals surface area contributed by atoms with Crippen LogP contribution >= 0.6 is 0 Å². The Bertz CT molecular complexity index is 111. The summed E-state index contributed by atoms with van der Waals surface area (Å²) in [4.78, 5) is 0. The molecule has 0 radical (unpaired) electrons. The summed E-state index contributed by atoms with van der Waals surface area (Å²) in [5.41, 5.74) is 1.34. The van der Waals surface area contributed by atoms with Crippen LogP contribution in [-0.2, 0) is 9.47 Å². The maximum absolute atomic E-state index is 5.03. The molecular formula is C9H18O2. The molecule has 0 aliphatic rings. The average Bonchev–Trinajstić information content (AvgIpc) is 1.98. The van der Waals surface area contributed by atoms with Crippen LogP contribution in [0, 0.1) is 0 Å². The zero-order valence-electron chi connectivity index (χ0n) is 7.89. The van der Waals surface area contributed by atoms with Crippen molar-refractivity contribution in [2.75, 3.05) is 14.2 Å². The third-order valence-electron chi connectivity index (χ3n) is 1.48. The standard InChI is InChI=1S/C9H18O2/c1-8(2)6-5-7-9(10-3)11-4/h6,9H,5,7H2,1-4H3. The molecule has 2 heteroatoms. The third-order valence-corrected chi connectivity index (χ3v) is 1.48. The Morgan fingerprint density at radius 2 is 1.82 bits per heavy atom. The van der Waals surface area contributed by atoms with Crippen molar-refractivity contribution < 1.29 is 9.47 Å². The second-order valence-corrected chi connectivity index (χ2v) is 2.76. The van der Waals surface area contributed by atoms with Crippen LogP contribution in [0.2, 0.25) is 0 Å². The fraction of sp³-hybridized carbons (Fsp3) is 0.778. The number of ether oxygens (including phenoxy) is 2. The van der Waals surface area contributed by atoms with Gasteiger partial charge >= 0.3 is 0 Å². The number of hydrogen-bond acceptors (Lipinski definition) is 2. The molecule has 0 atom stereocenters. The molecule has 0 rings (SSSR count). The Hall–Kier alpha value is -0.340. The number of rotatable bonds is 5. The molecular weight excluding hydrogens is 140 g/mol. The summed E-state index contributed by atoms with van der Waals surface area (Å²) in [5, 5.41) is 0. The van der Waals surface area contributed by atoms with Crippen molar-refractivity contribution in [3.8, 4) is 0 Å². The van der Waals surface area contributed by atoms with E-state index in [4.69, 9.17) is 9.47 Å². The van der Waals surface area contributed by atoms with Crippen LogP contribution in [0.4, 0.5) is 0 Å². The van der Waals surface area contributed by atoms with Crippen LogP contribution in [0.15, 0.2) is 11.6 Å². The van der Waals surface area contributed by atoms with E-state index in [0.29, 0.717) is 0 Å². The predicted molar refractivity (Wildman–Crippen MR) is 46.5 cm³/mol. The van der Waals surface area contributed by atoms with Crippen molar-refractivity contribution >= 4 is 0 Å². The molecule has 0 amide bonds. The SMILES string of the molecule is COC(CCC=C(C)C)OC. The molecule has 0 aliphatic heterocycles. The Kier molecular flexibility index (Phi) is 6.18. The molecule has 11 heavy (non-hydrogen) atoms. The van der Waals surface area contributed by atoms with Gasteiger partial charge in [-0.15, -0.1) is 0 Å². The number of allylic oxidation sites excluding steroid dienone is 2. The maximum atomic E-state index is 5.03. The molecule has 0 aromatic carbocycles. The fourth-order valence-corrected chi connectivity index (χ4v) is 0.840. The Labute approximate surface area is 69.2 Å². The molecule has 2 nitrogen and oxygen atoms in total. The summed E-state index contributed by atoms with van der Waals surface area (Å²) in [7, 11) is 3.33. The zero-order valence-corrected chi connectivity index (χ0v) is 7.89. The molecule has 66 valence electrons. The van der Waals surface area contributed by atoms with Gasteiger partial charge in [0.05, 0.1) is 0 Å². The highest BCUT2D eigenvalue weighted by molar-refractivity contribution is 4.92. The van der Waals surface area contributed by atoms with Crippen molar-refractivity contribution in [3.63, 3.8) is 0 Å². The Morgan fingerprint density at radius 1 is 1.27 bits per heavy atom. The van der Waals surface area contributed by atoms with Crippen molar-refractivity contribution in [1.29, 1.82) is 0 Å². The summed E-state index contributed by atoms with van der Waals surface area (Å²) in [5.74, 6) is 0. The lowest BCUT2D eigenvalue weighted by atomic mass is 10.2. The lowest BCUT2D eigenvalue weighted by molar-refractivity contribution is -0.105. The van der Waals surface area contributed by atoms with E-state index in [0.717, 1.165) is 12.8 Å². The molecule has 0 spiro atoms. The normalized spacial score (nSPS) is 10.3. The smallest absolute Gasteiger partial charge is 0.157 e. The van der Waals surface area contributed by atoms with Crippen molar-refractivity contribution in [1.82, 2.24) is 0 Å². The monoisotopic (exact) mass is 158 g/mol. The van der Waals surface area contributed by atoms with E-state index in [2.05, 4.69) is 19.9 Å². The number of methoxy groups -OCH3 is 2. The van der Waals surface area contributed by atoms with Crippen molar-refractivity contribution in [2.45, 2.75) is 33.0 Å². The predicted octanol–water partition coefficient (Wildman–Crippen LogP) is 2.35. The van der Waals surface area contributed by atoms with Gasteiger partial charge in [0.1, 0.15) is 0 Å². The number of hydrogen-bond donors (Lipinski definition) is 0. The minimum Gasteiger partial charge on any atom is -0.356 e. The lowest BCUT2D eigenvalue weighted by Gasteiger charge is -2.11. The van der Waals surface area contributed by atoms with Gasteiger partial charge in [0.25, 0.3) is 0 Å². The molecule has 0 unspecified atom stereocenters. The van der Waals surface area contributed by atoms with Crippen LogP contribution in [-0.4, -0.2) is 20.5 Å². The first kappa shape index (κ1) is 10.7. The highest BCUT2D eigenvalue weighted by Crippen LogP contribution is 2.04. The lowest BCUT2D eigenvalue weighted by Crippen LogP contribution is -2.11. The van der Waals surface area contributed by atoms with Crippen LogP contribution in [0.5, 0.6) is 0 Å². The average molecular weight is 158 g/mol. The van der Waals surface area contributed by atoms with Gasteiger partial charge in [-0.3, -0.25) is 0 Å². The second-order valence-electron chi connectivity index (χ2n) is 2.76. The maximum Gasteiger partial charge on any atom is 0.157 e. The van der Waals surface area contributed by atoms with Gasteiger partial charge in [0.2, 0.25) is 0 Å². The first-order valence-corrected chi connectivity index (χ1v) is 3.89. The Balaban J connectivity index is 3.43. The van der Waals surface area contributed by atoms with E-state index in [1.54, 1.807) is 14.2 Å². The molecule has 0 N–H and O–H groups in total. The first-order valence-electron chi connectivity index (χ1n) is 3.89. The van der Waals surface area contributed by atoms with Gasteiger partial charge < -0.3 is 9.47 Å². The molecule has 0 bridgehead atoms. The van der Waals surface area contributed by atoms with E-state index in [1.165, 1.54) is 5.57 Å². The van der Waals surface area contributed by atoms with E-state index < -0.39 is 0 Å². The highest BCUT2D eigenvalue weighted by Gasteiger charge is 2.01. The molecule has 0 fully saturated rings. The Morgan fingerprint density at radius 3 is 2.18 bits per heavy atom. The molecule has 0 saturated carbocycles. The van der Waals surface area contributed by atoms with Gasteiger partial charge in [-0.05, 0) is 20.3 Å². The summed E-state index contributed by atoms with van der Waals surface area (Å²) < 4.78 is 10.1. The van der Waals surface area contributed by atoms with Crippen molar-refractivity contribution in [3.05, 3.63) is 11.6 Å². The van der Waals surface area contributed by atoms with Gasteiger partial charge in [0, 0.05) is 20.6 Å². The van der Waals surface area contributed by atoms with E-state index in [-0.39, 0.29) is 6.29 Å². The summed E-state index contributed by atoms with van der Waals surface area (Å²) in [6.45, 7) is 4.18. The van der Waals surface area contributed by atoms with E-state index in [9.17, 15) is 0 Å². The topological polar surface area (TPSA) is 18.5 Å². The molecule has 0 aromatic rings. The van der Waals surface area contributed by atoms with Gasteiger partial charge in [0.15, 0.2) is 6.29 Å². The summed E-state index contributed by atoms with van der Waals surface area (Å²) >= 11 is 0. The van der Waals surface area contributed by atoms with Gasteiger partial charge in [-0.2, -0.15) is 0 Å². The van der Waals surface area contributed by atoms with Crippen LogP contribution in [0.25, 0.3) is 0 Å². The summed E-state index contributed by atoms with van der Waals surface area (Å²) in [6.07, 6.45) is 4.09. The van der Waals surface area contributed by atoms with Crippen LogP contribution < -0.4 is 0 Å². The summed E-state index contributed by atoms with van der Waals surface area (Å²) in [6, 6.07) is 0. The molecule has 0 aliphatic carbocycles. The van der Waals surface area contributed by atoms with Crippen molar-refractivity contribution in [2.24, 2.45) is 0 Å². The van der Waals surface area contributed by atoms with Gasteiger partial charge in [-0.25, -0.2) is 0 Å². The fourth-order valence-electron chi connectivity index (χ4n) is 0.840. The van der Waals surface area contributed by atoms with Crippen LogP contribution in [0.1, 0.15) is 26.7 Å². The second kappa shape index (κ2) is 6.38. The first-order chi connectivity index (χ1) is 5.20. The van der Waals surface area contributed by atoms with E-state index in [1.807, 2.05) is 0 Å². The minimum absolute atomic E-state index is 0.0504. The molecule has 0 heterocycles.